The molecule has 1 aromatic heterocycles. The van der Waals surface area contributed by atoms with E-state index in [2.05, 4.69) is 30.0 Å². The van der Waals surface area contributed by atoms with Crippen molar-refractivity contribution in [1.29, 1.82) is 0 Å². The van der Waals surface area contributed by atoms with Gasteiger partial charge in [0.05, 0.1) is 37.4 Å². The quantitative estimate of drug-likeness (QED) is 0.601. The molecule has 0 fully saturated rings. The maximum Gasteiger partial charge on any atom is 0.252 e. The Morgan fingerprint density at radius 1 is 1.14 bits per heavy atom. The minimum atomic E-state index is -0.236. The molecule has 0 N–H and O–H groups in total. The molecule has 6 heteroatoms. The average molecular weight is 394 g/mol. The van der Waals surface area contributed by atoms with E-state index >= 15 is 0 Å². The van der Waals surface area contributed by atoms with Crippen molar-refractivity contribution in [2.24, 2.45) is 4.99 Å². The van der Waals surface area contributed by atoms with Crippen molar-refractivity contribution in [2.75, 3.05) is 14.2 Å². The van der Waals surface area contributed by atoms with Crippen LogP contribution in [-0.4, -0.2) is 24.7 Å². The Bertz CT molecular complexity index is 1120. The van der Waals surface area contributed by atoms with E-state index in [1.807, 2.05) is 16.7 Å². The van der Waals surface area contributed by atoms with Crippen LogP contribution in [0.15, 0.2) is 41.4 Å². The van der Waals surface area contributed by atoms with E-state index in [1.165, 1.54) is 16.9 Å². The molecule has 0 aliphatic rings. The van der Waals surface area contributed by atoms with Gasteiger partial charge in [-0.15, -0.1) is 6.42 Å². The number of carbonyl (C=O) groups is 1. The van der Waals surface area contributed by atoms with E-state index in [1.54, 1.807) is 26.4 Å². The van der Waals surface area contributed by atoms with E-state index in [4.69, 9.17) is 15.9 Å². The number of amides is 1. The van der Waals surface area contributed by atoms with E-state index in [-0.39, 0.29) is 12.3 Å². The zero-order chi connectivity index (χ0) is 20.1. The molecule has 144 valence electrons. The number of aromatic nitrogens is 1. The second-order valence-corrected chi connectivity index (χ2v) is 7.21. The number of methoxy groups -OCH3 is 2. The first-order valence-corrected chi connectivity index (χ1v) is 9.75. The summed E-state index contributed by atoms with van der Waals surface area (Å²) in [6.45, 7) is 2.48. The summed E-state index contributed by atoms with van der Waals surface area (Å²) in [5.41, 5.74) is 3.05. The molecule has 1 amide bonds. The molecule has 0 spiro atoms. The molecular formula is C22H22N2O3S. The molecule has 3 rings (SSSR count). The van der Waals surface area contributed by atoms with Gasteiger partial charge in [-0.05, 0) is 41.8 Å². The monoisotopic (exact) mass is 394 g/mol. The maximum absolute atomic E-state index is 12.6. The van der Waals surface area contributed by atoms with Gasteiger partial charge in [0.1, 0.15) is 0 Å². The lowest BCUT2D eigenvalue weighted by Crippen LogP contribution is -2.17. The lowest BCUT2D eigenvalue weighted by molar-refractivity contribution is -0.117. The van der Waals surface area contributed by atoms with Gasteiger partial charge in [0.2, 0.25) is 0 Å². The van der Waals surface area contributed by atoms with Crippen molar-refractivity contribution in [3.63, 3.8) is 0 Å². The van der Waals surface area contributed by atoms with Crippen molar-refractivity contribution in [2.45, 2.75) is 26.3 Å². The van der Waals surface area contributed by atoms with Crippen LogP contribution in [0.1, 0.15) is 18.1 Å². The highest BCUT2D eigenvalue weighted by Gasteiger charge is 2.10. The number of terminal acetylenes is 1. The lowest BCUT2D eigenvalue weighted by Gasteiger charge is -2.08. The van der Waals surface area contributed by atoms with Gasteiger partial charge in [0.15, 0.2) is 16.3 Å². The van der Waals surface area contributed by atoms with E-state index in [0.717, 1.165) is 22.2 Å². The Hall–Kier alpha value is -3.04. The van der Waals surface area contributed by atoms with Crippen molar-refractivity contribution in [3.05, 3.63) is 52.3 Å². The minimum absolute atomic E-state index is 0.171. The lowest BCUT2D eigenvalue weighted by atomic mass is 10.1. The van der Waals surface area contributed by atoms with Crippen molar-refractivity contribution >= 4 is 27.5 Å². The Labute approximate surface area is 168 Å². The first kappa shape index (κ1) is 19.7. The molecular weight excluding hydrogens is 372 g/mol. The highest BCUT2D eigenvalue weighted by molar-refractivity contribution is 7.16. The van der Waals surface area contributed by atoms with Crippen LogP contribution in [0.2, 0.25) is 0 Å². The Balaban J connectivity index is 1.96. The summed E-state index contributed by atoms with van der Waals surface area (Å²) in [4.78, 5) is 17.6. The number of nitrogens with zero attached hydrogens (tertiary/aromatic N) is 2. The van der Waals surface area contributed by atoms with Gasteiger partial charge in [-0.25, -0.2) is 0 Å². The fraction of sp³-hybridized carbons (Fsp3) is 0.273. The summed E-state index contributed by atoms with van der Waals surface area (Å²) in [5, 5.41) is 0. The molecule has 5 nitrogen and oxygen atoms in total. The van der Waals surface area contributed by atoms with Crippen LogP contribution in [0.4, 0.5) is 0 Å². The fourth-order valence-electron chi connectivity index (χ4n) is 2.98. The van der Waals surface area contributed by atoms with Gasteiger partial charge in [0.25, 0.3) is 5.91 Å². The molecule has 1 heterocycles. The summed E-state index contributed by atoms with van der Waals surface area (Å²) in [6.07, 6.45) is 6.65. The number of benzene rings is 2. The molecule has 0 saturated heterocycles. The Kier molecular flexibility index (Phi) is 6.17. The third-order valence-corrected chi connectivity index (χ3v) is 5.47. The molecule has 0 atom stereocenters. The number of aryl methyl sites for hydroxylation is 1. The number of carbonyl (C=O) groups excluding carboxylic acids is 1. The van der Waals surface area contributed by atoms with Gasteiger partial charge >= 0.3 is 0 Å². The van der Waals surface area contributed by atoms with Crippen LogP contribution in [0.25, 0.3) is 10.2 Å². The summed E-state index contributed by atoms with van der Waals surface area (Å²) >= 11 is 1.48. The minimum Gasteiger partial charge on any atom is -0.493 e. The molecule has 0 unspecified atom stereocenters. The van der Waals surface area contributed by atoms with E-state index in [9.17, 15) is 4.79 Å². The molecule has 0 aliphatic heterocycles. The third kappa shape index (κ3) is 4.10. The zero-order valence-electron chi connectivity index (χ0n) is 16.2. The number of thiazole rings is 1. The highest BCUT2D eigenvalue weighted by Crippen LogP contribution is 2.27. The van der Waals surface area contributed by atoms with Gasteiger partial charge in [-0.2, -0.15) is 4.99 Å². The second kappa shape index (κ2) is 8.77. The molecule has 0 bridgehead atoms. The predicted octanol–water partition coefficient (Wildman–Crippen LogP) is 3.59. The molecule has 0 aliphatic carbocycles. The van der Waals surface area contributed by atoms with Crippen molar-refractivity contribution in [3.8, 4) is 23.8 Å². The van der Waals surface area contributed by atoms with E-state index < -0.39 is 0 Å². The summed E-state index contributed by atoms with van der Waals surface area (Å²) in [5.74, 6) is 3.62. The number of hydrogen-bond acceptors (Lipinski definition) is 4. The summed E-state index contributed by atoms with van der Waals surface area (Å²) in [7, 11) is 3.14. The Morgan fingerprint density at radius 2 is 1.89 bits per heavy atom. The average Bonchev–Trinajstić information content (AvgIpc) is 3.04. The number of hydrogen-bond donors (Lipinski definition) is 0. The first-order valence-electron chi connectivity index (χ1n) is 8.93. The highest BCUT2D eigenvalue weighted by atomic mass is 32.1. The van der Waals surface area contributed by atoms with Crippen molar-refractivity contribution in [1.82, 2.24) is 4.57 Å². The first-order chi connectivity index (χ1) is 13.6. The smallest absolute Gasteiger partial charge is 0.252 e. The van der Waals surface area contributed by atoms with Gasteiger partial charge < -0.3 is 14.0 Å². The van der Waals surface area contributed by atoms with Crippen LogP contribution in [0, 0.1) is 12.3 Å². The number of rotatable bonds is 6. The topological polar surface area (TPSA) is 52.8 Å². The fourth-order valence-corrected chi connectivity index (χ4v) is 4.09. The molecule has 2 aromatic carbocycles. The van der Waals surface area contributed by atoms with Crippen LogP contribution < -0.4 is 14.3 Å². The zero-order valence-corrected chi connectivity index (χ0v) is 17.0. The van der Waals surface area contributed by atoms with Gasteiger partial charge in [-0.1, -0.05) is 36.3 Å². The van der Waals surface area contributed by atoms with Crippen LogP contribution >= 0.6 is 11.3 Å². The van der Waals surface area contributed by atoms with Crippen LogP contribution in [0.3, 0.4) is 0 Å². The van der Waals surface area contributed by atoms with Gasteiger partial charge in [-0.3, -0.25) is 4.79 Å². The van der Waals surface area contributed by atoms with E-state index in [0.29, 0.717) is 22.8 Å². The Morgan fingerprint density at radius 3 is 2.57 bits per heavy atom. The molecule has 3 aromatic rings. The second-order valence-electron chi connectivity index (χ2n) is 6.20. The number of fused-ring (bicyclic) bond motifs is 1. The molecule has 0 radical (unpaired) electrons. The third-order valence-electron chi connectivity index (χ3n) is 4.43. The SMILES string of the molecule is C#CCn1c(=NC(=O)Cc2ccc(OC)c(OC)c2)sc2cc(CC)ccc21. The summed E-state index contributed by atoms with van der Waals surface area (Å²) < 4.78 is 13.5. The largest absolute Gasteiger partial charge is 0.493 e. The van der Waals surface area contributed by atoms with Crippen LogP contribution in [-0.2, 0) is 24.2 Å². The molecule has 0 saturated carbocycles. The normalized spacial score (nSPS) is 11.4. The van der Waals surface area contributed by atoms with Crippen LogP contribution in [0.5, 0.6) is 11.5 Å². The maximum atomic E-state index is 12.6. The predicted molar refractivity (Wildman–Crippen MR) is 112 cm³/mol. The number of ether oxygens (including phenoxy) is 2. The van der Waals surface area contributed by atoms with Gasteiger partial charge in [0, 0.05) is 0 Å². The summed E-state index contributed by atoms with van der Waals surface area (Å²) in [6, 6.07) is 11.7. The molecule has 28 heavy (non-hydrogen) atoms. The van der Waals surface area contributed by atoms with Crippen molar-refractivity contribution < 1.29 is 14.3 Å². The standard InChI is InChI=1S/C22H22N2O3S/c1-5-11-24-17-9-7-15(6-2)13-20(17)28-22(24)23-21(25)14-16-8-10-18(26-3)19(12-16)27-4/h1,7-10,12-13H,6,11,14H2,2-4H3.